The number of benzene rings is 1. The van der Waals surface area contributed by atoms with Gasteiger partial charge in [-0.3, -0.25) is 0 Å². The molecule has 0 amide bonds. The molecule has 2 atom stereocenters. The van der Waals surface area contributed by atoms with Crippen LogP contribution in [0.1, 0.15) is 33.1 Å². The summed E-state index contributed by atoms with van der Waals surface area (Å²) < 4.78 is 37.8. The third kappa shape index (κ3) is 4.08. The fourth-order valence-electron chi connectivity index (χ4n) is 2.95. The minimum absolute atomic E-state index is 0.0441. The number of hydrogen-bond acceptors (Lipinski definition) is 2. The van der Waals surface area contributed by atoms with Crippen molar-refractivity contribution < 1.29 is 13.2 Å². The molecule has 1 N–H and O–H groups in total. The van der Waals surface area contributed by atoms with Gasteiger partial charge in [0.25, 0.3) is 0 Å². The molecule has 1 aromatic rings. The van der Waals surface area contributed by atoms with Crippen LogP contribution in [0.2, 0.25) is 0 Å². The average molecular weight is 303 g/mol. The van der Waals surface area contributed by atoms with E-state index < -0.39 is 5.51 Å². The van der Waals surface area contributed by atoms with Crippen molar-refractivity contribution in [3.63, 3.8) is 0 Å². The zero-order valence-electron chi connectivity index (χ0n) is 11.7. The van der Waals surface area contributed by atoms with Gasteiger partial charge in [-0.1, -0.05) is 32.4 Å². The van der Waals surface area contributed by atoms with Gasteiger partial charge in [-0.2, -0.15) is 13.2 Å². The van der Waals surface area contributed by atoms with E-state index in [1.54, 1.807) is 18.2 Å². The molecule has 112 valence electrons. The van der Waals surface area contributed by atoms with E-state index in [0.29, 0.717) is 17.5 Å². The van der Waals surface area contributed by atoms with Crippen LogP contribution in [0.4, 0.5) is 18.9 Å². The fraction of sp³-hybridized carbons (Fsp3) is 0.600. The average Bonchev–Trinajstić information content (AvgIpc) is 2.34. The van der Waals surface area contributed by atoms with Crippen LogP contribution in [0.3, 0.4) is 0 Å². The van der Waals surface area contributed by atoms with Gasteiger partial charge in [0, 0.05) is 16.6 Å². The van der Waals surface area contributed by atoms with Gasteiger partial charge < -0.3 is 5.32 Å². The largest absolute Gasteiger partial charge is 0.446 e. The Hall–Kier alpha value is -0.840. The third-order valence-corrected chi connectivity index (χ3v) is 4.79. The van der Waals surface area contributed by atoms with Crippen molar-refractivity contribution in [1.82, 2.24) is 0 Å². The van der Waals surface area contributed by atoms with Gasteiger partial charge in [0.1, 0.15) is 0 Å². The minimum Gasteiger partial charge on any atom is -0.381 e. The summed E-state index contributed by atoms with van der Waals surface area (Å²) in [5, 5.41) is 3.35. The number of halogens is 3. The molecule has 1 aliphatic rings. The molecule has 0 spiro atoms. The molecule has 1 nitrogen and oxygen atoms in total. The summed E-state index contributed by atoms with van der Waals surface area (Å²) in [7, 11) is 0. The van der Waals surface area contributed by atoms with Gasteiger partial charge in [-0.25, -0.2) is 0 Å². The third-order valence-electron chi connectivity index (χ3n) is 3.98. The molecular weight excluding hydrogens is 283 g/mol. The second-order valence-electron chi connectivity index (χ2n) is 5.60. The number of alkyl halides is 3. The van der Waals surface area contributed by atoms with Crippen molar-refractivity contribution in [1.29, 1.82) is 0 Å². The highest BCUT2D eigenvalue weighted by Crippen LogP contribution is 2.41. The lowest BCUT2D eigenvalue weighted by atomic mass is 9.78. The van der Waals surface area contributed by atoms with Crippen LogP contribution >= 0.6 is 11.8 Å². The predicted molar refractivity (Wildman–Crippen MR) is 77.9 cm³/mol. The van der Waals surface area contributed by atoms with Crippen LogP contribution in [0, 0.1) is 11.8 Å². The second kappa shape index (κ2) is 6.29. The molecule has 1 aromatic carbocycles. The Morgan fingerprint density at radius 2 is 1.70 bits per heavy atom. The molecule has 0 saturated heterocycles. The summed E-state index contributed by atoms with van der Waals surface area (Å²) in [5.41, 5.74) is -3.65. The van der Waals surface area contributed by atoms with Crippen molar-refractivity contribution in [2.24, 2.45) is 11.8 Å². The lowest BCUT2D eigenvalue weighted by Gasteiger charge is -2.36. The highest BCUT2D eigenvalue weighted by Gasteiger charge is 2.32. The van der Waals surface area contributed by atoms with Crippen LogP contribution in [0.15, 0.2) is 29.2 Å². The topological polar surface area (TPSA) is 12.0 Å². The zero-order chi connectivity index (χ0) is 14.8. The lowest BCUT2D eigenvalue weighted by molar-refractivity contribution is -0.0327. The molecule has 2 unspecified atom stereocenters. The first kappa shape index (κ1) is 15.5. The molecule has 1 aliphatic carbocycles. The fourth-order valence-corrected chi connectivity index (χ4v) is 3.58. The summed E-state index contributed by atoms with van der Waals surface area (Å²) in [6, 6.07) is 6.94. The van der Waals surface area contributed by atoms with E-state index in [1.807, 2.05) is 0 Å². The summed E-state index contributed by atoms with van der Waals surface area (Å²) in [5.74, 6) is 0.977. The Morgan fingerprint density at radius 3 is 2.30 bits per heavy atom. The quantitative estimate of drug-likeness (QED) is 0.736. The van der Waals surface area contributed by atoms with Crippen molar-refractivity contribution in [3.05, 3.63) is 24.3 Å². The molecule has 0 radical (unpaired) electrons. The first-order valence-corrected chi connectivity index (χ1v) is 7.80. The number of anilines is 1. The normalized spacial score (nSPS) is 27.4. The van der Waals surface area contributed by atoms with Gasteiger partial charge >= 0.3 is 5.51 Å². The molecule has 5 heteroatoms. The van der Waals surface area contributed by atoms with E-state index in [-0.39, 0.29) is 22.7 Å². The highest BCUT2D eigenvalue weighted by atomic mass is 32.2. The lowest BCUT2D eigenvalue weighted by Crippen LogP contribution is -2.37. The predicted octanol–water partition coefficient (Wildman–Crippen LogP) is 5.54. The molecule has 2 rings (SSSR count). The van der Waals surface area contributed by atoms with E-state index in [1.165, 1.54) is 12.5 Å². The smallest absolute Gasteiger partial charge is 0.381 e. The molecule has 0 aromatic heterocycles. The van der Waals surface area contributed by atoms with Gasteiger partial charge in [-0.05, 0) is 48.6 Å². The maximum atomic E-state index is 12.6. The molecule has 1 saturated carbocycles. The van der Waals surface area contributed by atoms with Crippen molar-refractivity contribution in [2.75, 3.05) is 5.32 Å². The highest BCUT2D eigenvalue weighted by molar-refractivity contribution is 8.00. The second-order valence-corrected chi connectivity index (χ2v) is 6.71. The maximum Gasteiger partial charge on any atom is 0.446 e. The standard InChI is InChI=1S/C15H20F3NS/c1-10-6-5-7-11(2)14(10)19-12-8-3-4-9-13(12)20-15(16,17)18/h3-4,8-11,14,19H,5-7H2,1-2H3. The van der Waals surface area contributed by atoms with Crippen molar-refractivity contribution >= 4 is 17.4 Å². The molecule has 0 aliphatic heterocycles. The van der Waals surface area contributed by atoms with Gasteiger partial charge in [0.05, 0.1) is 0 Å². The van der Waals surface area contributed by atoms with Crippen molar-refractivity contribution in [3.8, 4) is 0 Å². The number of para-hydroxylation sites is 1. The van der Waals surface area contributed by atoms with Crippen LogP contribution < -0.4 is 5.32 Å². The van der Waals surface area contributed by atoms with Gasteiger partial charge in [0.15, 0.2) is 0 Å². The number of nitrogens with one attached hydrogen (secondary N) is 1. The summed E-state index contributed by atoms with van der Waals surface area (Å²) >= 11 is -0.0441. The maximum absolute atomic E-state index is 12.6. The first-order chi connectivity index (χ1) is 9.37. The summed E-state index contributed by atoms with van der Waals surface area (Å²) in [4.78, 5) is 0.255. The van der Waals surface area contributed by atoms with Crippen LogP contribution in [0.5, 0.6) is 0 Å². The summed E-state index contributed by atoms with van der Waals surface area (Å²) in [6.07, 6.45) is 3.48. The van der Waals surface area contributed by atoms with Crippen LogP contribution in [-0.2, 0) is 0 Å². The Morgan fingerprint density at radius 1 is 1.10 bits per heavy atom. The van der Waals surface area contributed by atoms with E-state index >= 15 is 0 Å². The minimum atomic E-state index is -4.25. The molecule has 20 heavy (non-hydrogen) atoms. The first-order valence-electron chi connectivity index (χ1n) is 6.98. The Kier molecular flexibility index (Phi) is 4.89. The Balaban J connectivity index is 2.16. The van der Waals surface area contributed by atoms with E-state index in [2.05, 4.69) is 19.2 Å². The summed E-state index contributed by atoms with van der Waals surface area (Å²) in [6.45, 7) is 4.35. The zero-order valence-corrected chi connectivity index (χ0v) is 12.5. The molecule has 0 heterocycles. The molecule has 0 bridgehead atoms. The SMILES string of the molecule is CC1CCCC(C)C1Nc1ccccc1SC(F)(F)F. The monoisotopic (exact) mass is 303 g/mol. The number of hydrogen-bond donors (Lipinski definition) is 1. The van der Waals surface area contributed by atoms with Crippen LogP contribution in [0.25, 0.3) is 0 Å². The van der Waals surface area contributed by atoms with E-state index in [4.69, 9.17) is 0 Å². The van der Waals surface area contributed by atoms with Gasteiger partial charge in [0.2, 0.25) is 0 Å². The van der Waals surface area contributed by atoms with Crippen LogP contribution in [-0.4, -0.2) is 11.6 Å². The molecule has 1 fully saturated rings. The molecular formula is C15H20F3NS. The van der Waals surface area contributed by atoms with Crippen molar-refractivity contribution in [2.45, 2.75) is 49.6 Å². The Labute approximate surface area is 122 Å². The Bertz CT molecular complexity index is 437. The number of rotatable bonds is 3. The number of thioether (sulfide) groups is 1. The van der Waals surface area contributed by atoms with Gasteiger partial charge in [-0.15, -0.1) is 0 Å². The van der Waals surface area contributed by atoms with E-state index in [0.717, 1.165) is 12.8 Å². The van der Waals surface area contributed by atoms with E-state index in [9.17, 15) is 13.2 Å².